The van der Waals surface area contributed by atoms with E-state index in [9.17, 15) is 4.79 Å². The Labute approximate surface area is 127 Å². The molecule has 1 heterocycles. The molecule has 0 bridgehead atoms. The summed E-state index contributed by atoms with van der Waals surface area (Å²) in [6.45, 7) is 4.77. The average Bonchev–Trinajstić information content (AvgIpc) is 2.48. The van der Waals surface area contributed by atoms with Gasteiger partial charge in [-0.2, -0.15) is 0 Å². The highest BCUT2D eigenvalue weighted by atomic mass is 16.1. The lowest BCUT2D eigenvalue weighted by molar-refractivity contribution is -0.121. The van der Waals surface area contributed by atoms with Crippen LogP contribution in [0.25, 0.3) is 0 Å². The Hall–Kier alpha value is -1.65. The molecule has 1 fully saturated rings. The smallest absolute Gasteiger partial charge is 0.222 e. The summed E-state index contributed by atoms with van der Waals surface area (Å²) in [5, 5.41) is 6.24. The van der Waals surface area contributed by atoms with Gasteiger partial charge in [-0.25, -0.2) is 9.97 Å². The summed E-state index contributed by atoms with van der Waals surface area (Å²) in [6.07, 6.45) is 8.24. The van der Waals surface area contributed by atoms with E-state index in [2.05, 4.69) is 34.4 Å². The SMILES string of the molecule is CC(C)c1ccnc(NCCC(=O)NC2CCCCC2)n1. The fourth-order valence-electron chi connectivity index (χ4n) is 2.61. The number of anilines is 1. The monoisotopic (exact) mass is 290 g/mol. The maximum Gasteiger partial charge on any atom is 0.222 e. The van der Waals surface area contributed by atoms with Crippen molar-refractivity contribution < 1.29 is 4.79 Å². The number of nitrogens with one attached hydrogen (secondary N) is 2. The van der Waals surface area contributed by atoms with Gasteiger partial charge in [0.1, 0.15) is 0 Å². The van der Waals surface area contributed by atoms with Crippen molar-refractivity contribution in [1.82, 2.24) is 15.3 Å². The van der Waals surface area contributed by atoms with Crippen molar-refractivity contribution in [3.63, 3.8) is 0 Å². The van der Waals surface area contributed by atoms with E-state index in [0.29, 0.717) is 30.9 Å². The van der Waals surface area contributed by atoms with Crippen LogP contribution in [0, 0.1) is 0 Å². The van der Waals surface area contributed by atoms with Crippen LogP contribution in [0.15, 0.2) is 12.3 Å². The summed E-state index contributed by atoms with van der Waals surface area (Å²) in [4.78, 5) is 20.5. The molecule has 0 saturated heterocycles. The number of rotatable bonds is 6. The van der Waals surface area contributed by atoms with E-state index in [4.69, 9.17) is 0 Å². The first-order valence-corrected chi connectivity index (χ1v) is 8.01. The van der Waals surface area contributed by atoms with E-state index in [-0.39, 0.29) is 5.91 Å². The normalized spacial score (nSPS) is 16.0. The van der Waals surface area contributed by atoms with Crippen LogP contribution in [0.4, 0.5) is 5.95 Å². The molecule has 2 rings (SSSR count). The number of amides is 1. The molecule has 5 heteroatoms. The highest BCUT2D eigenvalue weighted by Gasteiger charge is 2.15. The van der Waals surface area contributed by atoms with Crippen molar-refractivity contribution >= 4 is 11.9 Å². The van der Waals surface area contributed by atoms with Gasteiger partial charge in [-0.1, -0.05) is 33.1 Å². The van der Waals surface area contributed by atoms with Crippen LogP contribution >= 0.6 is 0 Å². The summed E-state index contributed by atoms with van der Waals surface area (Å²) in [5.74, 6) is 1.10. The maximum absolute atomic E-state index is 11.9. The third-order valence-electron chi connectivity index (χ3n) is 3.87. The van der Waals surface area contributed by atoms with Crippen LogP contribution < -0.4 is 10.6 Å². The van der Waals surface area contributed by atoms with Gasteiger partial charge >= 0.3 is 0 Å². The lowest BCUT2D eigenvalue weighted by atomic mass is 9.95. The third-order valence-corrected chi connectivity index (χ3v) is 3.87. The van der Waals surface area contributed by atoms with Gasteiger partial charge in [0.2, 0.25) is 11.9 Å². The molecular weight excluding hydrogens is 264 g/mol. The van der Waals surface area contributed by atoms with Gasteiger partial charge in [0.15, 0.2) is 0 Å². The quantitative estimate of drug-likeness (QED) is 0.845. The molecule has 21 heavy (non-hydrogen) atoms. The highest BCUT2D eigenvalue weighted by Crippen LogP contribution is 2.17. The Bertz CT molecular complexity index is 455. The maximum atomic E-state index is 11.9. The molecule has 116 valence electrons. The van der Waals surface area contributed by atoms with Crippen molar-refractivity contribution in [1.29, 1.82) is 0 Å². The number of nitrogens with zero attached hydrogens (tertiary/aromatic N) is 2. The number of carbonyl (C=O) groups excluding carboxylic acids is 1. The molecule has 2 N–H and O–H groups in total. The molecule has 0 unspecified atom stereocenters. The molecule has 0 aromatic carbocycles. The molecule has 1 saturated carbocycles. The lowest BCUT2D eigenvalue weighted by Gasteiger charge is -2.22. The summed E-state index contributed by atoms with van der Waals surface area (Å²) < 4.78 is 0. The van der Waals surface area contributed by atoms with Crippen LogP contribution in [0.2, 0.25) is 0 Å². The van der Waals surface area contributed by atoms with Crippen LogP contribution in [0.1, 0.15) is 64.0 Å². The molecule has 0 aliphatic heterocycles. The van der Waals surface area contributed by atoms with E-state index in [1.807, 2.05) is 6.07 Å². The van der Waals surface area contributed by atoms with Gasteiger partial charge in [-0.15, -0.1) is 0 Å². The summed E-state index contributed by atoms with van der Waals surface area (Å²) in [6, 6.07) is 2.30. The van der Waals surface area contributed by atoms with E-state index in [0.717, 1.165) is 18.5 Å². The van der Waals surface area contributed by atoms with Crippen LogP contribution in [0.3, 0.4) is 0 Å². The molecule has 5 nitrogen and oxygen atoms in total. The Morgan fingerprint density at radius 2 is 2.10 bits per heavy atom. The Kier molecular flexibility index (Phi) is 5.96. The van der Waals surface area contributed by atoms with Crippen molar-refractivity contribution in [3.05, 3.63) is 18.0 Å². The van der Waals surface area contributed by atoms with E-state index >= 15 is 0 Å². The van der Waals surface area contributed by atoms with E-state index in [1.54, 1.807) is 6.20 Å². The van der Waals surface area contributed by atoms with Crippen molar-refractivity contribution in [2.24, 2.45) is 0 Å². The minimum Gasteiger partial charge on any atom is -0.354 e. The van der Waals surface area contributed by atoms with Gasteiger partial charge in [0.05, 0.1) is 0 Å². The minimum absolute atomic E-state index is 0.120. The second kappa shape index (κ2) is 7.96. The van der Waals surface area contributed by atoms with Crippen LogP contribution in [-0.4, -0.2) is 28.5 Å². The van der Waals surface area contributed by atoms with Crippen molar-refractivity contribution in [2.75, 3.05) is 11.9 Å². The zero-order valence-corrected chi connectivity index (χ0v) is 13.1. The second-order valence-electron chi connectivity index (χ2n) is 6.04. The molecular formula is C16H26N4O. The fourth-order valence-corrected chi connectivity index (χ4v) is 2.61. The molecule has 0 spiro atoms. The van der Waals surface area contributed by atoms with Gasteiger partial charge in [0, 0.05) is 30.9 Å². The largest absolute Gasteiger partial charge is 0.354 e. The predicted octanol–water partition coefficient (Wildman–Crippen LogP) is 2.85. The summed E-state index contributed by atoms with van der Waals surface area (Å²) >= 11 is 0. The predicted molar refractivity (Wildman–Crippen MR) is 84.2 cm³/mol. The molecule has 1 aliphatic carbocycles. The second-order valence-corrected chi connectivity index (χ2v) is 6.04. The third kappa shape index (κ3) is 5.33. The number of aromatic nitrogens is 2. The van der Waals surface area contributed by atoms with Gasteiger partial charge in [-0.3, -0.25) is 4.79 Å². The van der Waals surface area contributed by atoms with Crippen LogP contribution in [0.5, 0.6) is 0 Å². The Morgan fingerprint density at radius 1 is 1.33 bits per heavy atom. The van der Waals surface area contributed by atoms with Gasteiger partial charge < -0.3 is 10.6 Å². The molecule has 0 radical (unpaired) electrons. The topological polar surface area (TPSA) is 66.9 Å². The number of hydrogen-bond acceptors (Lipinski definition) is 4. The lowest BCUT2D eigenvalue weighted by Crippen LogP contribution is -2.36. The van der Waals surface area contributed by atoms with E-state index in [1.165, 1.54) is 19.3 Å². The number of carbonyl (C=O) groups is 1. The Morgan fingerprint density at radius 3 is 2.81 bits per heavy atom. The molecule has 1 aromatic rings. The highest BCUT2D eigenvalue weighted by molar-refractivity contribution is 5.76. The molecule has 1 aromatic heterocycles. The number of hydrogen-bond donors (Lipinski definition) is 2. The molecule has 1 amide bonds. The van der Waals surface area contributed by atoms with Crippen molar-refractivity contribution in [2.45, 2.75) is 64.3 Å². The molecule has 1 aliphatic rings. The Balaban J connectivity index is 1.70. The zero-order valence-electron chi connectivity index (χ0n) is 13.1. The zero-order chi connectivity index (χ0) is 15.1. The first-order chi connectivity index (χ1) is 10.1. The first-order valence-electron chi connectivity index (χ1n) is 8.01. The molecule has 0 atom stereocenters. The first kappa shape index (κ1) is 15.7. The van der Waals surface area contributed by atoms with Gasteiger partial charge in [0.25, 0.3) is 0 Å². The minimum atomic E-state index is 0.120. The summed E-state index contributed by atoms with van der Waals surface area (Å²) in [7, 11) is 0. The standard InChI is InChI=1S/C16H26N4O/c1-12(2)14-8-10-17-16(20-14)18-11-9-15(21)19-13-6-4-3-5-7-13/h8,10,12-13H,3-7,9,11H2,1-2H3,(H,19,21)(H,17,18,20). The van der Waals surface area contributed by atoms with Crippen LogP contribution in [-0.2, 0) is 4.79 Å². The van der Waals surface area contributed by atoms with Gasteiger partial charge in [-0.05, 0) is 24.8 Å². The fraction of sp³-hybridized carbons (Fsp3) is 0.688. The average molecular weight is 290 g/mol. The summed E-state index contributed by atoms with van der Waals surface area (Å²) in [5.41, 5.74) is 1.01. The van der Waals surface area contributed by atoms with Crippen molar-refractivity contribution in [3.8, 4) is 0 Å². The van der Waals surface area contributed by atoms with E-state index < -0.39 is 0 Å².